The van der Waals surface area contributed by atoms with E-state index in [0.29, 0.717) is 6.42 Å². The van der Waals surface area contributed by atoms with Gasteiger partial charge in [-0.15, -0.1) is 0 Å². The number of thiocarbonyl (C=S) groups is 1. The Hall–Kier alpha value is -1.42. The number of nitrogens with two attached hydrogens (primary N) is 1. The second kappa shape index (κ2) is 5.77. The molecular weight excluding hydrogens is 232 g/mol. The molecule has 1 atom stereocenters. The van der Waals surface area contributed by atoms with Gasteiger partial charge in [0.25, 0.3) is 0 Å². The molecule has 1 rings (SSSR count). The predicted octanol–water partition coefficient (Wildman–Crippen LogP) is 2.55. The quantitative estimate of drug-likeness (QED) is 0.807. The molecule has 0 saturated heterocycles. The van der Waals surface area contributed by atoms with E-state index < -0.39 is 5.92 Å². The molecule has 0 spiro atoms. The number of benzene rings is 1. The van der Waals surface area contributed by atoms with Crippen LogP contribution in [-0.4, -0.2) is 10.9 Å². The Morgan fingerprint density at radius 2 is 1.88 bits per heavy atom. The largest absolute Gasteiger partial charge is 0.393 e. The second-order valence-corrected chi connectivity index (χ2v) is 4.70. The maximum atomic E-state index is 11.9. The summed E-state index contributed by atoms with van der Waals surface area (Å²) in [5.41, 5.74) is 8.55. The van der Waals surface area contributed by atoms with Crippen LogP contribution in [0.15, 0.2) is 18.2 Å². The predicted molar refractivity (Wildman–Crippen MR) is 75.1 cm³/mol. The van der Waals surface area contributed by atoms with Gasteiger partial charge in [0.1, 0.15) is 0 Å². The average molecular weight is 250 g/mol. The summed E-state index contributed by atoms with van der Waals surface area (Å²) >= 11 is 4.88. The molecule has 3 N–H and O–H groups in total. The second-order valence-electron chi connectivity index (χ2n) is 4.23. The highest BCUT2D eigenvalue weighted by Crippen LogP contribution is 2.15. The lowest BCUT2D eigenvalue weighted by molar-refractivity contribution is -0.118. The highest BCUT2D eigenvalue weighted by Gasteiger charge is 2.19. The Bertz CT molecular complexity index is 423. The van der Waals surface area contributed by atoms with Crippen LogP contribution < -0.4 is 11.1 Å². The maximum Gasteiger partial charge on any atom is 0.234 e. The number of carbonyl (C=O) groups is 1. The molecule has 1 amide bonds. The van der Waals surface area contributed by atoms with E-state index in [-0.39, 0.29) is 10.9 Å². The van der Waals surface area contributed by atoms with Crippen LogP contribution >= 0.6 is 12.2 Å². The monoisotopic (exact) mass is 250 g/mol. The van der Waals surface area contributed by atoms with Gasteiger partial charge in [-0.1, -0.05) is 25.2 Å². The number of nitrogens with one attached hydrogen (secondary N) is 1. The van der Waals surface area contributed by atoms with Crippen molar-refractivity contribution in [2.24, 2.45) is 11.7 Å². The van der Waals surface area contributed by atoms with Crippen LogP contribution in [0, 0.1) is 19.8 Å². The van der Waals surface area contributed by atoms with E-state index in [1.54, 1.807) is 0 Å². The van der Waals surface area contributed by atoms with Gasteiger partial charge in [-0.2, -0.15) is 0 Å². The molecule has 0 aromatic heterocycles. The van der Waals surface area contributed by atoms with Crippen LogP contribution in [-0.2, 0) is 4.79 Å². The summed E-state index contributed by atoms with van der Waals surface area (Å²) in [6.45, 7) is 5.88. The molecule has 0 saturated carbocycles. The maximum absolute atomic E-state index is 11.9. The summed E-state index contributed by atoms with van der Waals surface area (Å²) in [4.78, 5) is 12.2. The Morgan fingerprint density at radius 3 is 2.29 bits per heavy atom. The molecule has 0 aliphatic carbocycles. The van der Waals surface area contributed by atoms with Gasteiger partial charge in [0.15, 0.2) is 0 Å². The summed E-state index contributed by atoms with van der Waals surface area (Å²) in [5.74, 6) is -0.532. The van der Waals surface area contributed by atoms with Gasteiger partial charge in [0.05, 0.1) is 10.9 Å². The van der Waals surface area contributed by atoms with Gasteiger partial charge in [-0.25, -0.2) is 0 Å². The molecule has 0 radical (unpaired) electrons. The van der Waals surface area contributed by atoms with E-state index in [1.165, 1.54) is 0 Å². The first-order valence-electron chi connectivity index (χ1n) is 5.62. The molecule has 0 aliphatic rings. The van der Waals surface area contributed by atoms with Crippen molar-refractivity contribution in [1.82, 2.24) is 0 Å². The van der Waals surface area contributed by atoms with E-state index >= 15 is 0 Å². The van der Waals surface area contributed by atoms with Crippen molar-refractivity contribution in [2.75, 3.05) is 5.32 Å². The van der Waals surface area contributed by atoms with Crippen molar-refractivity contribution in [3.63, 3.8) is 0 Å². The molecule has 0 bridgehead atoms. The lowest BCUT2D eigenvalue weighted by Gasteiger charge is -2.14. The van der Waals surface area contributed by atoms with Crippen LogP contribution in [0.3, 0.4) is 0 Å². The van der Waals surface area contributed by atoms with Crippen molar-refractivity contribution < 1.29 is 4.79 Å². The van der Waals surface area contributed by atoms with Crippen molar-refractivity contribution in [1.29, 1.82) is 0 Å². The molecule has 4 heteroatoms. The van der Waals surface area contributed by atoms with Gasteiger partial charge in [-0.3, -0.25) is 4.79 Å². The van der Waals surface area contributed by atoms with Crippen molar-refractivity contribution in [2.45, 2.75) is 27.2 Å². The Balaban J connectivity index is 2.83. The summed E-state index contributed by atoms with van der Waals surface area (Å²) in [7, 11) is 0. The number of aryl methyl sites for hydroxylation is 2. The van der Waals surface area contributed by atoms with E-state index in [2.05, 4.69) is 11.4 Å². The molecule has 0 fully saturated rings. The zero-order valence-electron chi connectivity index (χ0n) is 10.4. The fourth-order valence-electron chi connectivity index (χ4n) is 1.79. The average Bonchev–Trinajstić information content (AvgIpc) is 2.15. The summed E-state index contributed by atoms with van der Waals surface area (Å²) < 4.78 is 0. The number of carbonyl (C=O) groups excluding carboxylic acids is 1. The standard InChI is InChI=1S/C13H18N2OS/c1-4-11(12(14)17)13(16)15-10-6-8(2)5-9(3)7-10/h5-7,11H,4H2,1-3H3,(H2,14,17)(H,15,16). The number of hydrogen-bond donors (Lipinski definition) is 2. The van der Waals surface area contributed by atoms with Crippen LogP contribution in [0.4, 0.5) is 5.69 Å². The summed E-state index contributed by atoms with van der Waals surface area (Å²) in [6.07, 6.45) is 0.617. The number of hydrogen-bond acceptors (Lipinski definition) is 2. The van der Waals surface area contributed by atoms with Gasteiger partial charge in [0, 0.05) is 5.69 Å². The molecule has 92 valence electrons. The third-order valence-electron chi connectivity index (χ3n) is 2.56. The van der Waals surface area contributed by atoms with E-state index in [4.69, 9.17) is 18.0 Å². The minimum absolute atomic E-state index is 0.134. The first-order chi connectivity index (χ1) is 7.93. The van der Waals surface area contributed by atoms with Crippen LogP contribution in [0.25, 0.3) is 0 Å². The Morgan fingerprint density at radius 1 is 1.35 bits per heavy atom. The molecule has 1 aromatic rings. The fourth-order valence-corrected chi connectivity index (χ4v) is 2.07. The number of amides is 1. The lowest BCUT2D eigenvalue weighted by Crippen LogP contribution is -2.32. The van der Waals surface area contributed by atoms with E-state index in [0.717, 1.165) is 16.8 Å². The normalized spacial score (nSPS) is 11.9. The van der Waals surface area contributed by atoms with Gasteiger partial charge < -0.3 is 11.1 Å². The SMILES string of the molecule is CCC(C(=O)Nc1cc(C)cc(C)c1)C(N)=S. The van der Waals surface area contributed by atoms with Crippen LogP contribution in [0.5, 0.6) is 0 Å². The highest BCUT2D eigenvalue weighted by atomic mass is 32.1. The first-order valence-corrected chi connectivity index (χ1v) is 6.03. The smallest absolute Gasteiger partial charge is 0.234 e. The van der Waals surface area contributed by atoms with Crippen molar-refractivity contribution in [3.05, 3.63) is 29.3 Å². The molecule has 17 heavy (non-hydrogen) atoms. The summed E-state index contributed by atoms with van der Waals surface area (Å²) in [6, 6.07) is 5.91. The Kier molecular flexibility index (Phi) is 4.63. The molecular formula is C13H18N2OS. The van der Waals surface area contributed by atoms with Gasteiger partial charge >= 0.3 is 0 Å². The zero-order chi connectivity index (χ0) is 13.0. The van der Waals surface area contributed by atoms with E-state index in [1.807, 2.05) is 32.9 Å². The highest BCUT2D eigenvalue weighted by molar-refractivity contribution is 7.80. The zero-order valence-corrected chi connectivity index (χ0v) is 11.2. The van der Waals surface area contributed by atoms with Gasteiger partial charge in [-0.05, 0) is 43.5 Å². The third kappa shape index (κ3) is 3.82. The number of anilines is 1. The minimum atomic E-state index is -0.397. The number of rotatable bonds is 4. The van der Waals surface area contributed by atoms with E-state index in [9.17, 15) is 4.79 Å². The van der Waals surface area contributed by atoms with Gasteiger partial charge in [0.2, 0.25) is 5.91 Å². The lowest BCUT2D eigenvalue weighted by atomic mass is 10.1. The van der Waals surface area contributed by atoms with Crippen LogP contribution in [0.1, 0.15) is 24.5 Å². The Labute approximate surface area is 107 Å². The third-order valence-corrected chi connectivity index (χ3v) is 2.84. The van der Waals surface area contributed by atoms with Crippen LogP contribution in [0.2, 0.25) is 0 Å². The minimum Gasteiger partial charge on any atom is -0.393 e. The molecule has 1 aromatic carbocycles. The molecule has 0 heterocycles. The molecule has 0 aliphatic heterocycles. The molecule has 3 nitrogen and oxygen atoms in total. The topological polar surface area (TPSA) is 55.1 Å². The fraction of sp³-hybridized carbons (Fsp3) is 0.385. The van der Waals surface area contributed by atoms with Crippen molar-refractivity contribution in [3.8, 4) is 0 Å². The first kappa shape index (κ1) is 13.6. The van der Waals surface area contributed by atoms with Crippen molar-refractivity contribution >= 4 is 28.8 Å². The molecule has 1 unspecified atom stereocenters. The summed E-state index contributed by atoms with van der Waals surface area (Å²) in [5, 5.41) is 2.85.